The van der Waals surface area contributed by atoms with Gasteiger partial charge in [-0.25, -0.2) is 0 Å². The minimum absolute atomic E-state index is 0.0202. The van der Waals surface area contributed by atoms with E-state index in [1.807, 2.05) is 0 Å². The molecule has 0 aromatic carbocycles. The lowest BCUT2D eigenvalue weighted by Crippen LogP contribution is -2.29. The molecule has 0 fully saturated rings. The number of ether oxygens (including phenoxy) is 2. The van der Waals surface area contributed by atoms with Gasteiger partial charge in [0.1, 0.15) is 0 Å². The zero-order chi connectivity index (χ0) is 24.1. The zero-order valence-electron chi connectivity index (χ0n) is 20.7. The van der Waals surface area contributed by atoms with E-state index in [0.717, 1.165) is 25.7 Å². The van der Waals surface area contributed by atoms with Crippen molar-refractivity contribution in [1.29, 1.82) is 0 Å². The van der Waals surface area contributed by atoms with Crippen molar-refractivity contribution >= 4 is 68.0 Å². The number of hydrogen-bond acceptors (Lipinski definition) is 7. The van der Waals surface area contributed by atoms with Crippen molar-refractivity contribution in [2.75, 3.05) is 0 Å². The first-order chi connectivity index (χ1) is 15.2. The number of thiol groups is 4. The van der Waals surface area contributed by atoms with Gasteiger partial charge in [0, 0.05) is 25.1 Å². The SMILES string of the molecule is CCCCCCCCCCCC(S)(S)OC(=S)OC(S)(S)CCCCCCCCCCC. The average Bonchev–Trinajstić information content (AvgIpc) is 2.70. The van der Waals surface area contributed by atoms with Crippen LogP contribution in [-0.4, -0.2) is 13.8 Å². The van der Waals surface area contributed by atoms with Gasteiger partial charge in [-0.2, -0.15) is 0 Å². The van der Waals surface area contributed by atoms with E-state index < -0.39 is 8.53 Å². The number of hydrogen-bond donors (Lipinski definition) is 4. The van der Waals surface area contributed by atoms with Gasteiger partial charge in [0.15, 0.2) is 8.53 Å². The smallest absolute Gasteiger partial charge is 0.356 e. The summed E-state index contributed by atoms with van der Waals surface area (Å²) in [6.07, 6.45) is 24.3. The van der Waals surface area contributed by atoms with E-state index in [2.05, 4.69) is 64.4 Å². The second-order valence-corrected chi connectivity index (χ2v) is 13.0. The number of thiocarbonyl (C=S) groups is 1. The normalized spacial score (nSPS) is 12.2. The molecule has 0 amide bonds. The third-order valence-corrected chi connectivity index (χ3v) is 7.13. The molecule has 0 radical (unpaired) electrons. The fourth-order valence-corrected chi connectivity index (χ4v) is 5.22. The van der Waals surface area contributed by atoms with E-state index >= 15 is 0 Å². The van der Waals surface area contributed by atoms with Crippen molar-refractivity contribution in [1.82, 2.24) is 0 Å². The molecule has 0 spiro atoms. The van der Waals surface area contributed by atoms with Crippen molar-refractivity contribution in [2.45, 2.75) is 151 Å². The molecule has 0 N–H and O–H groups in total. The Kier molecular flexibility index (Phi) is 22.1. The van der Waals surface area contributed by atoms with Crippen LogP contribution in [0.2, 0.25) is 0 Å². The third kappa shape index (κ3) is 22.9. The second-order valence-electron chi connectivity index (χ2n) is 9.10. The van der Waals surface area contributed by atoms with Crippen LogP contribution in [0.25, 0.3) is 0 Å². The minimum atomic E-state index is -0.923. The summed E-state index contributed by atoms with van der Waals surface area (Å²) in [6, 6.07) is 0. The molecule has 0 saturated carbocycles. The molecule has 0 aliphatic carbocycles. The summed E-state index contributed by atoms with van der Waals surface area (Å²) in [6.45, 7) is 4.51. The standard InChI is InChI=1S/C25H50O2S5/c1-3-5-7-9-11-13-15-17-19-21-24(29,30)26-23(28)27-25(31,32)22-20-18-16-14-12-10-8-6-4-2/h29-32H,3-22H2,1-2H3. The Morgan fingerprint density at radius 2 is 0.750 bits per heavy atom. The van der Waals surface area contributed by atoms with Gasteiger partial charge in [0.25, 0.3) is 0 Å². The molecular formula is C25H50O2S5. The molecule has 192 valence electrons. The summed E-state index contributed by atoms with van der Waals surface area (Å²) >= 11 is 23.3. The van der Waals surface area contributed by atoms with Gasteiger partial charge >= 0.3 is 5.24 Å². The Bertz CT molecular complexity index is 406. The first-order valence-electron chi connectivity index (χ1n) is 13.0. The molecular weight excluding hydrogens is 493 g/mol. The van der Waals surface area contributed by atoms with Crippen LogP contribution >= 0.6 is 62.7 Å². The highest BCUT2D eigenvalue weighted by molar-refractivity contribution is 8.00. The highest BCUT2D eigenvalue weighted by atomic mass is 32.2. The summed E-state index contributed by atoms with van der Waals surface area (Å²) in [5.41, 5.74) is 0. The predicted molar refractivity (Wildman–Crippen MR) is 160 cm³/mol. The summed E-state index contributed by atoms with van der Waals surface area (Å²) in [5.74, 6) is 0. The lowest BCUT2D eigenvalue weighted by atomic mass is 10.1. The first kappa shape index (κ1) is 33.1. The van der Waals surface area contributed by atoms with Gasteiger partial charge in [-0.15, -0.1) is 50.5 Å². The Balaban J connectivity index is 3.82. The van der Waals surface area contributed by atoms with E-state index in [9.17, 15) is 0 Å². The van der Waals surface area contributed by atoms with Gasteiger partial charge < -0.3 is 9.47 Å². The van der Waals surface area contributed by atoms with E-state index in [4.69, 9.17) is 21.7 Å². The van der Waals surface area contributed by atoms with E-state index in [1.54, 1.807) is 0 Å². The minimum Gasteiger partial charge on any atom is -0.430 e. The Labute approximate surface area is 227 Å². The van der Waals surface area contributed by atoms with E-state index in [1.165, 1.54) is 89.9 Å². The summed E-state index contributed by atoms with van der Waals surface area (Å²) in [7, 11) is 0. The van der Waals surface area contributed by atoms with Crippen molar-refractivity contribution in [2.24, 2.45) is 0 Å². The van der Waals surface area contributed by atoms with Crippen LogP contribution in [0.1, 0.15) is 142 Å². The lowest BCUT2D eigenvalue weighted by Gasteiger charge is -2.29. The van der Waals surface area contributed by atoms with E-state index in [0.29, 0.717) is 12.8 Å². The molecule has 0 rings (SSSR count). The van der Waals surface area contributed by atoms with Gasteiger partial charge in [0.2, 0.25) is 0 Å². The summed E-state index contributed by atoms with van der Waals surface area (Å²) < 4.78 is 9.51. The fraction of sp³-hybridized carbons (Fsp3) is 0.960. The molecule has 2 nitrogen and oxygen atoms in total. The van der Waals surface area contributed by atoms with Crippen LogP contribution < -0.4 is 0 Å². The van der Waals surface area contributed by atoms with Crippen LogP contribution in [0, 0.1) is 0 Å². The van der Waals surface area contributed by atoms with Gasteiger partial charge in [-0.3, -0.25) is 0 Å². The maximum atomic E-state index is 5.68. The Morgan fingerprint density at radius 3 is 1.03 bits per heavy atom. The van der Waals surface area contributed by atoms with Crippen LogP contribution in [0.4, 0.5) is 0 Å². The van der Waals surface area contributed by atoms with Crippen molar-refractivity contribution in [3.8, 4) is 0 Å². The highest BCUT2D eigenvalue weighted by Gasteiger charge is 2.29. The zero-order valence-corrected chi connectivity index (χ0v) is 25.0. The van der Waals surface area contributed by atoms with Gasteiger partial charge in [0.05, 0.1) is 0 Å². The average molecular weight is 543 g/mol. The van der Waals surface area contributed by atoms with Crippen LogP contribution in [0.15, 0.2) is 0 Å². The van der Waals surface area contributed by atoms with Crippen molar-refractivity contribution in [3.63, 3.8) is 0 Å². The summed E-state index contributed by atoms with van der Waals surface area (Å²) in [4.78, 5) is 0. The molecule has 0 unspecified atom stereocenters. The lowest BCUT2D eigenvalue weighted by molar-refractivity contribution is 0.118. The van der Waals surface area contributed by atoms with Crippen LogP contribution in [-0.2, 0) is 9.47 Å². The second kappa shape index (κ2) is 21.4. The van der Waals surface area contributed by atoms with Crippen molar-refractivity contribution in [3.05, 3.63) is 0 Å². The molecule has 0 aromatic rings. The van der Waals surface area contributed by atoms with Crippen LogP contribution in [0.5, 0.6) is 0 Å². The molecule has 0 atom stereocenters. The molecule has 0 aromatic heterocycles. The highest BCUT2D eigenvalue weighted by Crippen LogP contribution is 2.33. The Morgan fingerprint density at radius 1 is 0.500 bits per heavy atom. The molecule has 0 aliphatic rings. The van der Waals surface area contributed by atoms with Crippen LogP contribution in [0.3, 0.4) is 0 Å². The molecule has 0 saturated heterocycles. The molecule has 0 bridgehead atoms. The maximum absolute atomic E-state index is 5.68. The Hall–Kier alpha value is 1.09. The van der Waals surface area contributed by atoms with Gasteiger partial charge in [-0.1, -0.05) is 117 Å². The quantitative estimate of drug-likeness (QED) is 0.0472. The summed E-state index contributed by atoms with van der Waals surface area (Å²) in [5, 5.41) is 0.0202. The topological polar surface area (TPSA) is 18.5 Å². The maximum Gasteiger partial charge on any atom is 0.356 e. The molecule has 32 heavy (non-hydrogen) atoms. The molecule has 7 heteroatoms. The first-order valence-corrected chi connectivity index (χ1v) is 15.2. The number of rotatable bonds is 22. The molecule has 0 heterocycles. The van der Waals surface area contributed by atoms with Gasteiger partial charge in [-0.05, 0) is 12.8 Å². The monoisotopic (exact) mass is 542 g/mol. The van der Waals surface area contributed by atoms with E-state index in [-0.39, 0.29) is 5.24 Å². The fourth-order valence-electron chi connectivity index (χ4n) is 3.72. The largest absolute Gasteiger partial charge is 0.430 e. The predicted octanol–water partition coefficient (Wildman–Crippen LogP) is 10.2. The third-order valence-electron chi connectivity index (χ3n) is 5.71. The van der Waals surface area contributed by atoms with Crippen molar-refractivity contribution < 1.29 is 9.47 Å². The molecule has 0 aliphatic heterocycles. The number of unbranched alkanes of at least 4 members (excludes halogenated alkanes) is 16.